The van der Waals surface area contributed by atoms with E-state index in [1.165, 1.54) is 7.11 Å². The van der Waals surface area contributed by atoms with Gasteiger partial charge in [-0.25, -0.2) is 0 Å². The van der Waals surface area contributed by atoms with Gasteiger partial charge < -0.3 is 58.2 Å². The van der Waals surface area contributed by atoms with Gasteiger partial charge in [0.1, 0.15) is 36.8 Å². The van der Waals surface area contributed by atoms with Gasteiger partial charge in [0, 0.05) is 38.2 Å². The van der Waals surface area contributed by atoms with Crippen molar-refractivity contribution in [1.29, 1.82) is 0 Å². The minimum Gasteiger partial charge on any atom is -0.462 e. The second-order valence-corrected chi connectivity index (χ2v) is 17.0. The molecule has 0 aromatic heterocycles. The summed E-state index contributed by atoms with van der Waals surface area (Å²) >= 11 is 0. The van der Waals surface area contributed by atoms with Crippen LogP contribution >= 0.6 is 0 Å². The molecule has 3 N–H and O–H groups in total. The summed E-state index contributed by atoms with van der Waals surface area (Å²) in [5.41, 5.74) is -0.485. The fourth-order valence-corrected chi connectivity index (χ4v) is 8.03. The van der Waals surface area contributed by atoms with Gasteiger partial charge in [-0.05, 0) is 59.0 Å². The quantitative estimate of drug-likeness (QED) is 0.204. The summed E-state index contributed by atoms with van der Waals surface area (Å²) in [7, 11) is 4.98. The van der Waals surface area contributed by atoms with Gasteiger partial charge >= 0.3 is 11.9 Å². The molecule has 0 saturated carbocycles. The zero-order chi connectivity index (χ0) is 41.2. The van der Waals surface area contributed by atoms with Crippen molar-refractivity contribution in [3.63, 3.8) is 0 Å². The maximum atomic E-state index is 12.9. The lowest BCUT2D eigenvalue weighted by molar-refractivity contribution is -0.340. The number of aliphatic hydroxyl groups is 3. The number of ether oxygens (including phenoxy) is 7. The zero-order valence-electron chi connectivity index (χ0n) is 34.7. The number of carbonyl (C=O) groups is 3. The molecule has 0 bridgehead atoms. The lowest BCUT2D eigenvalue weighted by Gasteiger charge is -2.50. The van der Waals surface area contributed by atoms with Crippen LogP contribution in [-0.2, 0) is 47.5 Å². The fourth-order valence-electron chi connectivity index (χ4n) is 8.03. The molecule has 0 aliphatic carbocycles. The first kappa shape index (κ1) is 47.1. The van der Waals surface area contributed by atoms with Gasteiger partial charge in [0.05, 0.1) is 43.0 Å². The number of hydrogen-bond donors (Lipinski definition) is 3. The van der Waals surface area contributed by atoms with Crippen molar-refractivity contribution in [1.82, 2.24) is 4.90 Å². The third-order valence-electron chi connectivity index (χ3n) is 10.9. The van der Waals surface area contributed by atoms with Gasteiger partial charge in [-0.3, -0.25) is 9.59 Å². The van der Waals surface area contributed by atoms with Crippen LogP contribution in [0.4, 0.5) is 0 Å². The van der Waals surface area contributed by atoms with E-state index in [2.05, 4.69) is 0 Å². The van der Waals surface area contributed by atoms with Crippen molar-refractivity contribution in [2.45, 2.75) is 174 Å². The van der Waals surface area contributed by atoms with Crippen LogP contribution in [0.1, 0.15) is 93.9 Å². The number of rotatable bonds is 11. The van der Waals surface area contributed by atoms with E-state index < -0.39 is 103 Å². The molecule has 15 unspecified atom stereocenters. The van der Waals surface area contributed by atoms with E-state index in [-0.39, 0.29) is 30.6 Å². The predicted molar refractivity (Wildman–Crippen MR) is 203 cm³/mol. The van der Waals surface area contributed by atoms with Crippen LogP contribution in [0.5, 0.6) is 0 Å². The molecular formula is C41H69NO13. The first-order valence-corrected chi connectivity index (χ1v) is 19.8. The minimum atomic E-state index is -1.41. The Morgan fingerprint density at radius 2 is 1.71 bits per heavy atom. The molecule has 3 heterocycles. The summed E-state index contributed by atoms with van der Waals surface area (Å²) < 4.78 is 43.1. The molecule has 2 fully saturated rings. The van der Waals surface area contributed by atoms with Gasteiger partial charge in [-0.2, -0.15) is 0 Å². The highest BCUT2D eigenvalue weighted by Gasteiger charge is 2.52. The molecule has 2 saturated heterocycles. The third kappa shape index (κ3) is 13.4. The van der Waals surface area contributed by atoms with Crippen LogP contribution in [0.3, 0.4) is 0 Å². The Morgan fingerprint density at radius 1 is 1.02 bits per heavy atom. The van der Waals surface area contributed by atoms with E-state index in [1.54, 1.807) is 46.2 Å². The first-order chi connectivity index (χ1) is 25.8. The average Bonchev–Trinajstić information content (AvgIpc) is 3.06. The monoisotopic (exact) mass is 783 g/mol. The molecule has 0 aromatic carbocycles. The minimum absolute atomic E-state index is 0.0264. The van der Waals surface area contributed by atoms with Gasteiger partial charge in [0.2, 0.25) is 0 Å². The Bertz CT molecular complexity index is 1270. The van der Waals surface area contributed by atoms with E-state index >= 15 is 0 Å². The van der Waals surface area contributed by atoms with Crippen LogP contribution in [0.2, 0.25) is 0 Å². The number of nitrogens with zero attached hydrogens (tertiary/aromatic N) is 1. The molecule has 0 spiro atoms. The van der Waals surface area contributed by atoms with Crippen LogP contribution in [-0.4, -0.2) is 139 Å². The molecule has 0 amide bonds. The summed E-state index contributed by atoms with van der Waals surface area (Å²) in [6, 6.07) is -0.672. The van der Waals surface area contributed by atoms with Crippen molar-refractivity contribution < 1.29 is 62.9 Å². The second-order valence-electron chi connectivity index (χ2n) is 17.0. The van der Waals surface area contributed by atoms with E-state index in [0.717, 1.165) is 6.29 Å². The molecule has 14 nitrogen and oxygen atoms in total. The van der Waals surface area contributed by atoms with Gasteiger partial charge in [0.15, 0.2) is 12.6 Å². The molecule has 0 aromatic rings. The number of hydrogen-bond acceptors (Lipinski definition) is 14. The van der Waals surface area contributed by atoms with Crippen molar-refractivity contribution in [3.05, 3.63) is 24.3 Å². The SMILES string of the molecule is COC1C(O)CC(=O)OC(C)CC=CC=CC(O)C(C)CC(CC=O)C1OC1OC(C)C(OC2CC(C)(C)C(OC(=O)CC(C)C)C(C)O2)C(N(C)C)C1O. The van der Waals surface area contributed by atoms with Gasteiger partial charge in [-0.1, -0.05) is 58.9 Å². The van der Waals surface area contributed by atoms with Crippen LogP contribution in [0.25, 0.3) is 0 Å². The molecule has 3 aliphatic heterocycles. The molecule has 55 heavy (non-hydrogen) atoms. The Kier molecular flexibility index (Phi) is 18.4. The second kappa shape index (κ2) is 21.5. The van der Waals surface area contributed by atoms with Crippen molar-refractivity contribution in [2.75, 3.05) is 21.2 Å². The summed E-state index contributed by atoms with van der Waals surface area (Å²) in [5.74, 6) is -1.73. The third-order valence-corrected chi connectivity index (χ3v) is 10.9. The summed E-state index contributed by atoms with van der Waals surface area (Å²) in [4.78, 5) is 39.5. The van der Waals surface area contributed by atoms with Crippen molar-refractivity contribution in [2.24, 2.45) is 23.2 Å². The van der Waals surface area contributed by atoms with Crippen LogP contribution in [0, 0.1) is 23.2 Å². The Labute approximate surface area is 327 Å². The maximum absolute atomic E-state index is 12.9. The largest absolute Gasteiger partial charge is 0.462 e. The van der Waals surface area contributed by atoms with E-state index in [0.29, 0.717) is 19.3 Å². The number of likely N-dealkylation sites (N-methyl/N-ethyl adjacent to an activating group) is 1. The normalized spacial score (nSPS) is 39.5. The Hall–Kier alpha value is -2.27. The van der Waals surface area contributed by atoms with E-state index in [1.807, 2.05) is 52.5 Å². The summed E-state index contributed by atoms with van der Waals surface area (Å²) in [6.07, 6.45) is -1.85. The van der Waals surface area contributed by atoms with Gasteiger partial charge in [-0.15, -0.1) is 0 Å². The summed E-state index contributed by atoms with van der Waals surface area (Å²) in [5, 5.41) is 34.4. The topological polar surface area (TPSA) is 180 Å². The lowest BCUT2D eigenvalue weighted by Crippen LogP contribution is -2.65. The molecule has 3 aliphatic rings. The highest BCUT2D eigenvalue weighted by molar-refractivity contribution is 5.70. The Balaban J connectivity index is 1.90. The lowest BCUT2D eigenvalue weighted by atomic mass is 9.78. The number of methoxy groups -OCH3 is 1. The highest BCUT2D eigenvalue weighted by atomic mass is 16.7. The molecule has 3 rings (SSSR count). The number of allylic oxidation sites excluding steroid dienone is 2. The maximum Gasteiger partial charge on any atom is 0.308 e. The molecule has 0 radical (unpaired) electrons. The molecule has 15 atom stereocenters. The number of aliphatic hydroxyl groups excluding tert-OH is 3. The van der Waals surface area contributed by atoms with Crippen LogP contribution in [0.15, 0.2) is 24.3 Å². The fraction of sp³-hybridized carbons (Fsp3) is 0.829. The number of cyclic esters (lactones) is 1. The first-order valence-electron chi connectivity index (χ1n) is 19.8. The number of carbonyl (C=O) groups excluding carboxylic acids is 3. The zero-order valence-corrected chi connectivity index (χ0v) is 34.7. The van der Waals surface area contributed by atoms with Crippen molar-refractivity contribution in [3.8, 4) is 0 Å². The number of esters is 2. The average molecular weight is 784 g/mol. The highest BCUT2D eigenvalue weighted by Crippen LogP contribution is 2.41. The standard InChI is InChI=1S/C41H69NO13/c1-23(2)19-31(46)53-39-27(6)51-33(22-41(39,7)8)54-36-26(5)52-40(35(48)34(36)42(9)10)55-37-28(17-18-43)20-24(3)29(44)16-14-12-13-15-25(4)50-32(47)21-30(45)38(37)49-11/h12-14,16,18,23-30,33-40,44-45,48H,15,17,19-22H2,1-11H3. The number of aldehydes is 1. The van der Waals surface area contributed by atoms with Crippen molar-refractivity contribution >= 4 is 18.2 Å². The summed E-state index contributed by atoms with van der Waals surface area (Å²) in [6.45, 7) is 15.2. The molecule has 14 heteroatoms. The van der Waals surface area contributed by atoms with E-state index in [9.17, 15) is 29.7 Å². The van der Waals surface area contributed by atoms with E-state index in [4.69, 9.17) is 33.2 Å². The van der Waals surface area contributed by atoms with Gasteiger partial charge in [0.25, 0.3) is 0 Å². The Morgan fingerprint density at radius 3 is 2.31 bits per heavy atom. The van der Waals surface area contributed by atoms with Crippen LogP contribution < -0.4 is 0 Å². The predicted octanol–water partition coefficient (Wildman–Crippen LogP) is 3.72. The molecule has 316 valence electrons. The smallest absolute Gasteiger partial charge is 0.308 e. The molecular weight excluding hydrogens is 714 g/mol.